The summed E-state index contributed by atoms with van der Waals surface area (Å²) in [5.74, 6) is -3.37. The number of rotatable bonds is 3. The summed E-state index contributed by atoms with van der Waals surface area (Å²) in [5.41, 5.74) is 6.47. The number of hydroxylamine groups is 1. The molecule has 0 radical (unpaired) electrons. The van der Waals surface area contributed by atoms with Gasteiger partial charge in [0.1, 0.15) is 5.92 Å². The van der Waals surface area contributed by atoms with Crippen molar-refractivity contribution >= 4 is 35.0 Å². The molecule has 0 saturated heterocycles. The van der Waals surface area contributed by atoms with Gasteiger partial charge in [0.05, 0.1) is 0 Å². The first-order chi connectivity index (χ1) is 7.49. The molecule has 0 aliphatic rings. The maximum Gasteiger partial charge on any atom is 0.260 e. The monoisotopic (exact) mass is 262 g/mol. The van der Waals surface area contributed by atoms with Crippen molar-refractivity contribution in [3.05, 3.63) is 33.8 Å². The van der Waals surface area contributed by atoms with Crippen LogP contribution in [0.25, 0.3) is 0 Å². The molecule has 4 N–H and O–H groups in total. The van der Waals surface area contributed by atoms with E-state index in [1.165, 1.54) is 17.6 Å². The predicted molar refractivity (Wildman–Crippen MR) is 58.3 cm³/mol. The fraction of sp³-hybridized carbons (Fsp3) is 0.111. The summed E-state index contributed by atoms with van der Waals surface area (Å²) in [6.45, 7) is 0. The Morgan fingerprint density at radius 3 is 2.19 bits per heavy atom. The lowest BCUT2D eigenvalue weighted by Crippen LogP contribution is -2.35. The maximum atomic E-state index is 11.3. The van der Waals surface area contributed by atoms with Crippen LogP contribution in [0.5, 0.6) is 0 Å². The molecule has 1 aromatic carbocycles. The summed E-state index contributed by atoms with van der Waals surface area (Å²) in [7, 11) is 0. The number of carbonyl (C=O) groups is 2. The molecule has 7 heteroatoms. The molecule has 0 spiro atoms. The first kappa shape index (κ1) is 12.8. The highest BCUT2D eigenvalue weighted by molar-refractivity contribution is 6.37. The number of nitrogens with two attached hydrogens (primary N) is 1. The molecule has 16 heavy (non-hydrogen) atoms. The topological polar surface area (TPSA) is 92.4 Å². The SMILES string of the molecule is NC(=O)C(C(=O)NO)c1c(Cl)cccc1Cl. The molecule has 0 aliphatic heterocycles. The van der Waals surface area contributed by atoms with E-state index >= 15 is 0 Å². The summed E-state index contributed by atoms with van der Waals surface area (Å²) in [4.78, 5) is 22.4. The van der Waals surface area contributed by atoms with Crippen molar-refractivity contribution in [3.8, 4) is 0 Å². The standard InChI is InChI=1S/C9H8Cl2N2O3/c10-4-2-1-3-5(11)6(4)7(8(12)14)9(15)13-16/h1-3,7,16H,(H2,12,14)(H,13,15). The molecular weight excluding hydrogens is 255 g/mol. The van der Waals surface area contributed by atoms with Gasteiger partial charge in [-0.1, -0.05) is 29.3 Å². The van der Waals surface area contributed by atoms with Gasteiger partial charge in [0, 0.05) is 15.6 Å². The molecule has 0 aliphatic carbocycles. The quantitative estimate of drug-likeness (QED) is 0.432. The first-order valence-corrected chi connectivity index (χ1v) is 4.91. The Bertz CT molecular complexity index is 417. The third-order valence-electron chi connectivity index (χ3n) is 1.95. The van der Waals surface area contributed by atoms with Crippen LogP contribution < -0.4 is 11.2 Å². The molecule has 0 bridgehead atoms. The van der Waals surface area contributed by atoms with E-state index in [0.717, 1.165) is 0 Å². The highest BCUT2D eigenvalue weighted by atomic mass is 35.5. The van der Waals surface area contributed by atoms with Crippen molar-refractivity contribution in [2.75, 3.05) is 0 Å². The van der Waals surface area contributed by atoms with E-state index in [1.54, 1.807) is 6.07 Å². The zero-order valence-electron chi connectivity index (χ0n) is 7.91. The van der Waals surface area contributed by atoms with Crippen LogP contribution in [0, 0.1) is 0 Å². The normalized spacial score (nSPS) is 11.9. The fourth-order valence-corrected chi connectivity index (χ4v) is 1.87. The van der Waals surface area contributed by atoms with Gasteiger partial charge in [0.2, 0.25) is 5.91 Å². The minimum Gasteiger partial charge on any atom is -0.369 e. The molecule has 1 rings (SSSR count). The second-order valence-electron chi connectivity index (χ2n) is 2.95. The Labute approximate surface area is 101 Å². The van der Waals surface area contributed by atoms with Gasteiger partial charge in [0.25, 0.3) is 5.91 Å². The molecule has 0 fully saturated rings. The Hall–Kier alpha value is -1.30. The van der Waals surface area contributed by atoms with E-state index < -0.39 is 17.7 Å². The van der Waals surface area contributed by atoms with Gasteiger partial charge >= 0.3 is 0 Å². The van der Waals surface area contributed by atoms with Crippen molar-refractivity contribution < 1.29 is 14.8 Å². The Morgan fingerprint density at radius 1 is 1.31 bits per heavy atom. The maximum absolute atomic E-state index is 11.3. The lowest BCUT2D eigenvalue weighted by Gasteiger charge is -2.14. The van der Waals surface area contributed by atoms with Gasteiger partial charge in [-0.25, -0.2) is 5.48 Å². The average molecular weight is 263 g/mol. The van der Waals surface area contributed by atoms with Gasteiger partial charge in [-0.2, -0.15) is 0 Å². The summed E-state index contributed by atoms with van der Waals surface area (Å²) >= 11 is 11.6. The summed E-state index contributed by atoms with van der Waals surface area (Å²) in [6, 6.07) is 4.48. The molecule has 86 valence electrons. The van der Waals surface area contributed by atoms with Crippen LogP contribution in [0.2, 0.25) is 10.0 Å². The van der Waals surface area contributed by atoms with Gasteiger partial charge in [-0.3, -0.25) is 14.8 Å². The van der Waals surface area contributed by atoms with Crippen LogP contribution in [0.3, 0.4) is 0 Å². The minimum absolute atomic E-state index is 0.0740. The second kappa shape index (κ2) is 5.16. The summed E-state index contributed by atoms with van der Waals surface area (Å²) in [6.07, 6.45) is 0. The number of benzene rings is 1. The average Bonchev–Trinajstić information content (AvgIpc) is 2.22. The zero-order valence-corrected chi connectivity index (χ0v) is 9.42. The molecule has 1 unspecified atom stereocenters. The number of hydrogen-bond donors (Lipinski definition) is 3. The molecule has 1 aromatic rings. The number of primary amides is 1. The molecule has 1 atom stereocenters. The Morgan fingerprint density at radius 2 is 1.81 bits per heavy atom. The lowest BCUT2D eigenvalue weighted by molar-refractivity contribution is -0.135. The third kappa shape index (κ3) is 2.44. The first-order valence-electron chi connectivity index (χ1n) is 4.16. The molecule has 0 saturated carbocycles. The molecule has 0 heterocycles. The van der Waals surface area contributed by atoms with Gasteiger partial charge in [0.15, 0.2) is 0 Å². The van der Waals surface area contributed by atoms with Crippen molar-refractivity contribution in [1.82, 2.24) is 5.48 Å². The van der Waals surface area contributed by atoms with Crippen LogP contribution in [0.15, 0.2) is 18.2 Å². The molecule has 2 amide bonds. The highest BCUT2D eigenvalue weighted by Gasteiger charge is 2.30. The summed E-state index contributed by atoms with van der Waals surface area (Å²) in [5, 5.41) is 8.75. The van der Waals surface area contributed by atoms with E-state index in [0.29, 0.717) is 0 Å². The van der Waals surface area contributed by atoms with Gasteiger partial charge < -0.3 is 5.73 Å². The second-order valence-corrected chi connectivity index (χ2v) is 3.76. The third-order valence-corrected chi connectivity index (χ3v) is 2.60. The number of hydrogen-bond acceptors (Lipinski definition) is 3. The zero-order chi connectivity index (χ0) is 12.3. The summed E-state index contributed by atoms with van der Waals surface area (Å²) < 4.78 is 0. The van der Waals surface area contributed by atoms with Crippen molar-refractivity contribution in [3.63, 3.8) is 0 Å². The largest absolute Gasteiger partial charge is 0.369 e. The van der Waals surface area contributed by atoms with Crippen molar-refractivity contribution in [2.24, 2.45) is 5.73 Å². The van der Waals surface area contributed by atoms with E-state index in [1.807, 2.05) is 0 Å². The van der Waals surface area contributed by atoms with E-state index in [2.05, 4.69) is 0 Å². The smallest absolute Gasteiger partial charge is 0.260 e. The highest BCUT2D eigenvalue weighted by Crippen LogP contribution is 2.31. The number of amides is 2. The Balaban J connectivity index is 3.32. The van der Waals surface area contributed by atoms with Gasteiger partial charge in [-0.05, 0) is 12.1 Å². The van der Waals surface area contributed by atoms with Crippen molar-refractivity contribution in [1.29, 1.82) is 0 Å². The molecular formula is C9H8Cl2N2O3. The van der Waals surface area contributed by atoms with Crippen LogP contribution >= 0.6 is 23.2 Å². The van der Waals surface area contributed by atoms with Crippen LogP contribution in [-0.2, 0) is 9.59 Å². The van der Waals surface area contributed by atoms with E-state index in [4.69, 9.17) is 34.1 Å². The number of halogens is 2. The van der Waals surface area contributed by atoms with Gasteiger partial charge in [-0.15, -0.1) is 0 Å². The lowest BCUT2D eigenvalue weighted by atomic mass is 9.97. The Kier molecular flexibility index (Phi) is 4.12. The van der Waals surface area contributed by atoms with E-state index in [9.17, 15) is 9.59 Å². The minimum atomic E-state index is -1.42. The fourth-order valence-electron chi connectivity index (χ4n) is 1.25. The predicted octanol–water partition coefficient (Wildman–Crippen LogP) is 1.07. The van der Waals surface area contributed by atoms with Crippen LogP contribution in [0.1, 0.15) is 11.5 Å². The molecule has 0 aromatic heterocycles. The van der Waals surface area contributed by atoms with Crippen molar-refractivity contribution in [2.45, 2.75) is 5.92 Å². The van der Waals surface area contributed by atoms with Crippen LogP contribution in [0.4, 0.5) is 0 Å². The molecule has 5 nitrogen and oxygen atoms in total. The van der Waals surface area contributed by atoms with E-state index in [-0.39, 0.29) is 15.6 Å². The van der Waals surface area contributed by atoms with Crippen LogP contribution in [-0.4, -0.2) is 17.0 Å². The number of carbonyl (C=O) groups excluding carboxylic acids is 2. The number of nitrogens with one attached hydrogen (secondary N) is 1.